The zero-order valence-electron chi connectivity index (χ0n) is 15.9. The number of phenolic OH excluding ortho intramolecular Hbond substituents is 2. The van der Waals surface area contributed by atoms with Gasteiger partial charge in [0.1, 0.15) is 5.69 Å². The van der Waals surface area contributed by atoms with Gasteiger partial charge in [-0.2, -0.15) is 18.3 Å². The number of phenols is 2. The summed E-state index contributed by atoms with van der Waals surface area (Å²) in [4.78, 5) is 12.4. The van der Waals surface area contributed by atoms with Crippen molar-refractivity contribution >= 4 is 22.5 Å². The van der Waals surface area contributed by atoms with E-state index < -0.39 is 17.6 Å². The number of carbonyl (C=O) groups is 1. The summed E-state index contributed by atoms with van der Waals surface area (Å²) in [5, 5.41) is 28.8. The van der Waals surface area contributed by atoms with Crippen LogP contribution in [0, 0.1) is 0 Å². The summed E-state index contributed by atoms with van der Waals surface area (Å²) in [5.41, 5.74) is 0.648. The fraction of sp³-hybridized carbons (Fsp3) is 0.0909. The van der Waals surface area contributed by atoms with Crippen molar-refractivity contribution in [1.82, 2.24) is 10.2 Å². The highest BCUT2D eigenvalue weighted by atomic mass is 19.4. The fourth-order valence-electron chi connectivity index (χ4n) is 3.30. The molecule has 0 radical (unpaired) electrons. The van der Waals surface area contributed by atoms with Crippen molar-refractivity contribution in [2.75, 3.05) is 5.32 Å². The second kappa shape index (κ2) is 7.67. The van der Waals surface area contributed by atoms with Crippen molar-refractivity contribution in [2.45, 2.75) is 12.6 Å². The number of amides is 1. The first-order valence-electron chi connectivity index (χ1n) is 9.18. The summed E-state index contributed by atoms with van der Waals surface area (Å²) < 4.78 is 40.3. The number of halogens is 3. The molecule has 3 aromatic carbocycles. The summed E-state index contributed by atoms with van der Waals surface area (Å²) in [6.45, 7) is 0. The molecule has 1 heterocycles. The zero-order chi connectivity index (χ0) is 22.2. The van der Waals surface area contributed by atoms with Gasteiger partial charge in [0.15, 0.2) is 11.5 Å². The normalized spacial score (nSPS) is 11.6. The Balaban J connectivity index is 1.63. The molecule has 1 amide bonds. The van der Waals surface area contributed by atoms with Gasteiger partial charge in [-0.3, -0.25) is 9.89 Å². The van der Waals surface area contributed by atoms with Crippen molar-refractivity contribution in [1.29, 1.82) is 0 Å². The zero-order valence-corrected chi connectivity index (χ0v) is 15.9. The summed E-state index contributed by atoms with van der Waals surface area (Å²) in [6.07, 6.45) is -4.61. The number of nitrogens with zero attached hydrogens (tertiary/aromatic N) is 1. The number of nitrogens with one attached hydrogen (secondary N) is 2. The molecule has 0 fully saturated rings. The van der Waals surface area contributed by atoms with E-state index in [1.165, 1.54) is 36.4 Å². The Morgan fingerprint density at radius 2 is 1.77 bits per heavy atom. The highest BCUT2D eigenvalue weighted by Crippen LogP contribution is 2.38. The number of anilines is 1. The Bertz CT molecular complexity index is 1280. The SMILES string of the molecule is O=C(Cc1ccc(O)c(O)c1)Nc1ccc2[nH]nc(-c3ccccc3C(F)(F)F)c2c1. The minimum atomic E-state index is -4.54. The lowest BCUT2D eigenvalue weighted by Crippen LogP contribution is -2.14. The molecule has 0 aliphatic heterocycles. The second-order valence-electron chi connectivity index (χ2n) is 6.92. The van der Waals surface area contributed by atoms with E-state index in [-0.39, 0.29) is 29.2 Å². The average Bonchev–Trinajstić information content (AvgIpc) is 3.13. The van der Waals surface area contributed by atoms with Crippen LogP contribution < -0.4 is 5.32 Å². The molecular formula is C22H16F3N3O3. The van der Waals surface area contributed by atoms with E-state index in [1.54, 1.807) is 18.2 Å². The van der Waals surface area contributed by atoms with Crippen LogP contribution in [0.2, 0.25) is 0 Å². The maximum atomic E-state index is 13.4. The Labute approximate surface area is 174 Å². The fourth-order valence-corrected chi connectivity index (χ4v) is 3.30. The van der Waals surface area contributed by atoms with Gasteiger partial charge in [-0.1, -0.05) is 24.3 Å². The maximum absolute atomic E-state index is 13.4. The summed E-state index contributed by atoms with van der Waals surface area (Å²) >= 11 is 0. The van der Waals surface area contributed by atoms with Crippen LogP contribution in [0.15, 0.2) is 60.7 Å². The summed E-state index contributed by atoms with van der Waals surface area (Å²) in [5.74, 6) is -1.02. The largest absolute Gasteiger partial charge is 0.504 e. The molecule has 4 aromatic rings. The second-order valence-corrected chi connectivity index (χ2v) is 6.92. The average molecular weight is 427 g/mol. The van der Waals surface area contributed by atoms with Crippen LogP contribution in [0.3, 0.4) is 0 Å². The molecule has 0 bridgehead atoms. The van der Waals surface area contributed by atoms with Gasteiger partial charge in [0.25, 0.3) is 0 Å². The topological polar surface area (TPSA) is 98.2 Å². The van der Waals surface area contributed by atoms with E-state index in [1.807, 2.05) is 0 Å². The van der Waals surface area contributed by atoms with Crippen LogP contribution in [0.25, 0.3) is 22.2 Å². The molecule has 0 unspecified atom stereocenters. The van der Waals surface area contributed by atoms with Crippen LogP contribution in [-0.2, 0) is 17.4 Å². The molecule has 0 aliphatic carbocycles. The van der Waals surface area contributed by atoms with Gasteiger partial charge in [0.2, 0.25) is 5.91 Å². The maximum Gasteiger partial charge on any atom is 0.417 e. The number of aromatic amines is 1. The number of fused-ring (bicyclic) bond motifs is 1. The molecule has 1 aromatic heterocycles. The number of aromatic nitrogens is 2. The molecule has 9 heteroatoms. The Kier molecular flexibility index (Phi) is 5.02. The van der Waals surface area contributed by atoms with Gasteiger partial charge in [-0.15, -0.1) is 0 Å². The van der Waals surface area contributed by atoms with Crippen LogP contribution in [-0.4, -0.2) is 26.3 Å². The van der Waals surface area contributed by atoms with E-state index in [0.717, 1.165) is 6.07 Å². The van der Waals surface area contributed by atoms with Crippen molar-refractivity contribution in [3.63, 3.8) is 0 Å². The van der Waals surface area contributed by atoms with Gasteiger partial charge >= 0.3 is 6.18 Å². The first-order chi connectivity index (χ1) is 14.7. The molecule has 6 nitrogen and oxygen atoms in total. The number of H-pyrrole nitrogens is 1. The lowest BCUT2D eigenvalue weighted by Gasteiger charge is -2.11. The lowest BCUT2D eigenvalue weighted by atomic mass is 10.0. The minimum Gasteiger partial charge on any atom is -0.504 e. The predicted molar refractivity (Wildman–Crippen MR) is 109 cm³/mol. The number of alkyl halides is 3. The monoisotopic (exact) mass is 427 g/mol. The molecule has 31 heavy (non-hydrogen) atoms. The number of benzene rings is 3. The first-order valence-corrected chi connectivity index (χ1v) is 9.18. The standard InChI is InChI=1S/C22H16F3N3O3/c23-22(24,25)16-4-2-1-3-14(16)21-15-11-13(6-7-17(15)27-28-21)26-20(31)10-12-5-8-18(29)19(30)9-12/h1-9,11,29-30H,10H2,(H,26,31)(H,27,28). The first kappa shape index (κ1) is 20.3. The van der Waals surface area contributed by atoms with Crippen molar-refractivity contribution in [3.05, 3.63) is 71.8 Å². The quantitative estimate of drug-likeness (QED) is 0.350. The molecule has 4 rings (SSSR count). The van der Waals surface area contributed by atoms with Crippen LogP contribution in [0.5, 0.6) is 11.5 Å². The molecule has 0 saturated carbocycles. The van der Waals surface area contributed by atoms with Crippen molar-refractivity contribution < 1.29 is 28.2 Å². The third-order valence-corrected chi connectivity index (χ3v) is 4.74. The summed E-state index contributed by atoms with van der Waals surface area (Å²) in [7, 11) is 0. The third-order valence-electron chi connectivity index (χ3n) is 4.74. The molecule has 4 N–H and O–H groups in total. The highest BCUT2D eigenvalue weighted by molar-refractivity contribution is 5.99. The number of hydrogen-bond donors (Lipinski definition) is 4. The van der Waals surface area contributed by atoms with Crippen molar-refractivity contribution in [3.8, 4) is 22.8 Å². The van der Waals surface area contributed by atoms with E-state index in [0.29, 0.717) is 22.2 Å². The molecule has 0 saturated heterocycles. The van der Waals surface area contributed by atoms with E-state index in [2.05, 4.69) is 15.5 Å². The number of rotatable bonds is 4. The van der Waals surface area contributed by atoms with Crippen LogP contribution in [0.4, 0.5) is 18.9 Å². The predicted octanol–water partition coefficient (Wildman–Crippen LogP) is 4.84. The molecular weight excluding hydrogens is 411 g/mol. The van der Waals surface area contributed by atoms with E-state index >= 15 is 0 Å². The molecule has 0 spiro atoms. The Morgan fingerprint density at radius 3 is 2.52 bits per heavy atom. The summed E-state index contributed by atoms with van der Waals surface area (Å²) in [6, 6.07) is 14.0. The number of aromatic hydroxyl groups is 2. The number of hydrogen-bond acceptors (Lipinski definition) is 4. The number of carbonyl (C=O) groups excluding carboxylic acids is 1. The molecule has 158 valence electrons. The van der Waals surface area contributed by atoms with Crippen LogP contribution >= 0.6 is 0 Å². The van der Waals surface area contributed by atoms with Gasteiger partial charge in [0.05, 0.1) is 17.5 Å². The van der Waals surface area contributed by atoms with Gasteiger partial charge in [-0.25, -0.2) is 0 Å². The Morgan fingerprint density at radius 1 is 1.00 bits per heavy atom. The third kappa shape index (κ3) is 4.16. The lowest BCUT2D eigenvalue weighted by molar-refractivity contribution is -0.137. The van der Waals surface area contributed by atoms with Crippen LogP contribution in [0.1, 0.15) is 11.1 Å². The Hall–Kier alpha value is -4.01. The molecule has 0 aliphatic rings. The smallest absolute Gasteiger partial charge is 0.417 e. The minimum absolute atomic E-state index is 0.0655. The van der Waals surface area contributed by atoms with Gasteiger partial charge < -0.3 is 15.5 Å². The van der Waals surface area contributed by atoms with Gasteiger partial charge in [0, 0.05) is 16.6 Å². The van der Waals surface area contributed by atoms with Gasteiger partial charge in [-0.05, 0) is 42.0 Å². The molecule has 0 atom stereocenters. The van der Waals surface area contributed by atoms with Crippen molar-refractivity contribution in [2.24, 2.45) is 0 Å². The highest BCUT2D eigenvalue weighted by Gasteiger charge is 2.34. The van der Waals surface area contributed by atoms with E-state index in [9.17, 15) is 28.2 Å². The van der Waals surface area contributed by atoms with E-state index in [4.69, 9.17) is 0 Å².